The standard InChI is InChI=1S/C12H24N2O/c1-9-4-10(9)7-14(2)12(8-13)5-11(6-12)15-3/h9-11H,4-8,13H2,1-3H3. The van der Waals surface area contributed by atoms with Crippen LogP contribution in [0.15, 0.2) is 0 Å². The van der Waals surface area contributed by atoms with Crippen LogP contribution in [0.3, 0.4) is 0 Å². The molecule has 0 heterocycles. The summed E-state index contributed by atoms with van der Waals surface area (Å²) in [7, 11) is 4.03. The number of ether oxygens (including phenoxy) is 1. The molecule has 2 rings (SSSR count). The fourth-order valence-corrected chi connectivity index (χ4v) is 2.79. The second-order valence-corrected chi connectivity index (χ2v) is 5.55. The van der Waals surface area contributed by atoms with Crippen LogP contribution in [0.1, 0.15) is 26.2 Å². The maximum absolute atomic E-state index is 5.92. The van der Waals surface area contributed by atoms with Crippen molar-refractivity contribution in [3.05, 3.63) is 0 Å². The van der Waals surface area contributed by atoms with E-state index in [0.29, 0.717) is 6.10 Å². The Hall–Kier alpha value is -0.120. The molecule has 3 heteroatoms. The third-order valence-electron chi connectivity index (χ3n) is 4.52. The molecule has 0 saturated heterocycles. The largest absolute Gasteiger partial charge is 0.381 e. The summed E-state index contributed by atoms with van der Waals surface area (Å²) in [6, 6.07) is 0. The summed E-state index contributed by atoms with van der Waals surface area (Å²) < 4.78 is 5.35. The first-order valence-electron chi connectivity index (χ1n) is 6.05. The zero-order valence-electron chi connectivity index (χ0n) is 10.2. The predicted octanol–water partition coefficient (Wildman–Crippen LogP) is 1.08. The summed E-state index contributed by atoms with van der Waals surface area (Å²) in [6.07, 6.45) is 4.06. The van der Waals surface area contributed by atoms with E-state index < -0.39 is 0 Å². The number of nitrogens with two attached hydrogens (primary N) is 1. The van der Waals surface area contributed by atoms with Crippen LogP contribution in [0.2, 0.25) is 0 Å². The van der Waals surface area contributed by atoms with Crippen molar-refractivity contribution < 1.29 is 4.74 Å². The monoisotopic (exact) mass is 212 g/mol. The fourth-order valence-electron chi connectivity index (χ4n) is 2.79. The molecule has 0 aliphatic heterocycles. The lowest BCUT2D eigenvalue weighted by Crippen LogP contribution is -2.63. The maximum Gasteiger partial charge on any atom is 0.0607 e. The molecule has 2 atom stereocenters. The van der Waals surface area contributed by atoms with Crippen LogP contribution in [0.5, 0.6) is 0 Å². The summed E-state index contributed by atoms with van der Waals surface area (Å²) in [5.74, 6) is 1.85. The fraction of sp³-hybridized carbons (Fsp3) is 1.00. The maximum atomic E-state index is 5.92. The van der Waals surface area contributed by atoms with E-state index in [1.165, 1.54) is 13.0 Å². The highest BCUT2D eigenvalue weighted by Crippen LogP contribution is 2.43. The van der Waals surface area contributed by atoms with Crippen molar-refractivity contribution in [2.75, 3.05) is 27.2 Å². The van der Waals surface area contributed by atoms with Crippen molar-refractivity contribution in [3.63, 3.8) is 0 Å². The van der Waals surface area contributed by atoms with Crippen LogP contribution < -0.4 is 5.73 Å². The Labute approximate surface area is 93.0 Å². The van der Waals surface area contributed by atoms with Gasteiger partial charge in [-0.05, 0) is 38.1 Å². The van der Waals surface area contributed by atoms with Crippen LogP contribution in [-0.4, -0.2) is 43.8 Å². The molecule has 2 saturated carbocycles. The van der Waals surface area contributed by atoms with Crippen LogP contribution in [-0.2, 0) is 4.74 Å². The number of hydrogen-bond acceptors (Lipinski definition) is 3. The van der Waals surface area contributed by atoms with Gasteiger partial charge in [0.25, 0.3) is 0 Å². The number of rotatable bonds is 5. The van der Waals surface area contributed by atoms with Crippen molar-refractivity contribution in [2.45, 2.75) is 37.8 Å². The lowest BCUT2D eigenvalue weighted by Gasteiger charge is -2.52. The number of methoxy groups -OCH3 is 1. The minimum atomic E-state index is 0.239. The van der Waals surface area contributed by atoms with Gasteiger partial charge in [-0.25, -0.2) is 0 Å². The first kappa shape index (κ1) is 11.4. The Balaban J connectivity index is 1.84. The Morgan fingerprint density at radius 3 is 2.47 bits per heavy atom. The van der Waals surface area contributed by atoms with Gasteiger partial charge in [0.1, 0.15) is 0 Å². The van der Waals surface area contributed by atoms with Gasteiger partial charge in [0.05, 0.1) is 6.10 Å². The van der Waals surface area contributed by atoms with Crippen molar-refractivity contribution in [1.82, 2.24) is 4.90 Å². The van der Waals surface area contributed by atoms with Crippen molar-refractivity contribution >= 4 is 0 Å². The van der Waals surface area contributed by atoms with Gasteiger partial charge in [-0.15, -0.1) is 0 Å². The normalized spacial score (nSPS) is 44.2. The van der Waals surface area contributed by atoms with Crippen molar-refractivity contribution in [2.24, 2.45) is 17.6 Å². The average molecular weight is 212 g/mol. The summed E-state index contributed by atoms with van der Waals surface area (Å²) >= 11 is 0. The SMILES string of the molecule is COC1CC(CN)(N(C)CC2CC2C)C1. The minimum Gasteiger partial charge on any atom is -0.381 e. The smallest absolute Gasteiger partial charge is 0.0607 e. The van der Waals surface area contributed by atoms with Crippen LogP contribution in [0.4, 0.5) is 0 Å². The van der Waals surface area contributed by atoms with E-state index in [-0.39, 0.29) is 5.54 Å². The van der Waals surface area contributed by atoms with Gasteiger partial charge < -0.3 is 10.5 Å². The molecule has 2 aliphatic carbocycles. The number of hydrogen-bond donors (Lipinski definition) is 1. The van der Waals surface area contributed by atoms with Gasteiger partial charge in [-0.3, -0.25) is 4.90 Å². The lowest BCUT2D eigenvalue weighted by molar-refractivity contribution is -0.0796. The second kappa shape index (κ2) is 4.04. The zero-order valence-corrected chi connectivity index (χ0v) is 10.2. The molecule has 0 aromatic carbocycles. The van der Waals surface area contributed by atoms with Crippen molar-refractivity contribution in [1.29, 1.82) is 0 Å². The predicted molar refractivity (Wildman–Crippen MR) is 61.7 cm³/mol. The average Bonchev–Trinajstić information content (AvgIpc) is 2.81. The Kier molecular flexibility index (Phi) is 3.06. The van der Waals surface area contributed by atoms with Gasteiger partial charge in [-0.1, -0.05) is 6.92 Å². The summed E-state index contributed by atoms with van der Waals surface area (Å²) in [5.41, 5.74) is 6.16. The van der Waals surface area contributed by atoms with Crippen LogP contribution in [0, 0.1) is 11.8 Å². The van der Waals surface area contributed by atoms with Gasteiger partial charge in [-0.2, -0.15) is 0 Å². The first-order valence-corrected chi connectivity index (χ1v) is 6.05. The lowest BCUT2D eigenvalue weighted by atomic mass is 9.73. The third-order valence-corrected chi connectivity index (χ3v) is 4.52. The first-order chi connectivity index (χ1) is 7.11. The second-order valence-electron chi connectivity index (χ2n) is 5.55. The Bertz CT molecular complexity index is 226. The molecular formula is C12H24N2O. The molecular weight excluding hydrogens is 188 g/mol. The summed E-state index contributed by atoms with van der Waals surface area (Å²) in [4.78, 5) is 2.48. The quantitative estimate of drug-likeness (QED) is 0.741. The molecule has 2 fully saturated rings. The summed E-state index contributed by atoms with van der Waals surface area (Å²) in [6.45, 7) is 4.33. The molecule has 0 radical (unpaired) electrons. The highest BCUT2D eigenvalue weighted by Gasteiger charge is 2.48. The highest BCUT2D eigenvalue weighted by molar-refractivity contribution is 5.04. The molecule has 0 bridgehead atoms. The van der Waals surface area contributed by atoms with Crippen LogP contribution in [0.25, 0.3) is 0 Å². The highest BCUT2D eigenvalue weighted by atomic mass is 16.5. The molecule has 88 valence electrons. The molecule has 2 unspecified atom stereocenters. The van der Waals surface area contributed by atoms with Gasteiger partial charge in [0, 0.05) is 25.7 Å². The molecule has 15 heavy (non-hydrogen) atoms. The van der Waals surface area contributed by atoms with Crippen molar-refractivity contribution in [3.8, 4) is 0 Å². The Morgan fingerprint density at radius 2 is 2.07 bits per heavy atom. The zero-order chi connectivity index (χ0) is 11.1. The van der Waals surface area contributed by atoms with E-state index >= 15 is 0 Å². The topological polar surface area (TPSA) is 38.5 Å². The molecule has 2 aliphatic rings. The van der Waals surface area contributed by atoms with E-state index in [1.54, 1.807) is 7.11 Å². The van der Waals surface area contributed by atoms with E-state index in [1.807, 2.05) is 0 Å². The molecule has 0 aromatic rings. The van der Waals surface area contributed by atoms with E-state index in [0.717, 1.165) is 31.2 Å². The number of nitrogens with zero attached hydrogens (tertiary/aromatic N) is 1. The Morgan fingerprint density at radius 1 is 1.47 bits per heavy atom. The molecule has 2 N–H and O–H groups in total. The third kappa shape index (κ3) is 2.05. The minimum absolute atomic E-state index is 0.239. The molecule has 0 spiro atoms. The summed E-state index contributed by atoms with van der Waals surface area (Å²) in [5, 5.41) is 0. The van der Waals surface area contributed by atoms with E-state index in [2.05, 4.69) is 18.9 Å². The van der Waals surface area contributed by atoms with E-state index in [4.69, 9.17) is 10.5 Å². The molecule has 0 aromatic heterocycles. The van der Waals surface area contributed by atoms with Gasteiger partial charge >= 0.3 is 0 Å². The van der Waals surface area contributed by atoms with Gasteiger partial charge in [0.15, 0.2) is 0 Å². The molecule has 0 amide bonds. The number of likely N-dealkylation sites (N-methyl/N-ethyl adjacent to an activating group) is 1. The van der Waals surface area contributed by atoms with Gasteiger partial charge in [0.2, 0.25) is 0 Å². The van der Waals surface area contributed by atoms with Crippen LogP contribution >= 0.6 is 0 Å². The molecule has 3 nitrogen and oxygen atoms in total. The van der Waals surface area contributed by atoms with E-state index in [9.17, 15) is 0 Å².